The van der Waals surface area contributed by atoms with Gasteiger partial charge >= 0.3 is 0 Å². The zero-order valence-corrected chi connectivity index (χ0v) is 8.50. The Kier molecular flexibility index (Phi) is 2.89. The van der Waals surface area contributed by atoms with E-state index in [1.165, 1.54) is 0 Å². The number of ketones is 1. The van der Waals surface area contributed by atoms with Crippen LogP contribution in [0.1, 0.15) is 34.1 Å². The van der Waals surface area contributed by atoms with E-state index in [0.29, 0.717) is 17.7 Å². The summed E-state index contributed by atoms with van der Waals surface area (Å²) < 4.78 is 0. The van der Waals surface area contributed by atoms with Crippen LogP contribution in [0.15, 0.2) is 0 Å². The molecule has 1 saturated heterocycles. The Morgan fingerprint density at radius 3 is 2.50 bits per heavy atom. The lowest BCUT2D eigenvalue weighted by atomic mass is 9.93. The van der Waals surface area contributed by atoms with Gasteiger partial charge in [-0.1, -0.05) is 6.92 Å². The minimum absolute atomic E-state index is 0.140. The van der Waals surface area contributed by atoms with Crippen LogP contribution in [0.4, 0.5) is 0 Å². The Morgan fingerprint density at radius 2 is 2.00 bits per heavy atom. The van der Waals surface area contributed by atoms with Crippen LogP contribution in [0.5, 0.6) is 0 Å². The highest BCUT2D eigenvalue weighted by Crippen LogP contribution is 2.20. The van der Waals surface area contributed by atoms with Crippen molar-refractivity contribution in [1.29, 1.82) is 0 Å². The Balaban J connectivity index is 2.66. The van der Waals surface area contributed by atoms with Crippen molar-refractivity contribution in [3.8, 4) is 0 Å². The molecular weight excluding hydrogens is 150 g/mol. The molecule has 0 N–H and O–H groups in total. The van der Waals surface area contributed by atoms with Crippen molar-refractivity contribution in [2.24, 2.45) is 5.92 Å². The molecule has 0 aromatic carbocycles. The molecule has 2 atom stereocenters. The van der Waals surface area contributed by atoms with Crippen LogP contribution in [0.2, 0.25) is 0 Å². The second kappa shape index (κ2) is 3.56. The lowest BCUT2D eigenvalue weighted by Gasteiger charge is -2.38. The molecule has 1 rings (SSSR count). The third-order valence-electron chi connectivity index (χ3n) is 2.70. The summed E-state index contributed by atoms with van der Waals surface area (Å²) in [4.78, 5) is 13.8. The van der Waals surface area contributed by atoms with Crippen molar-refractivity contribution >= 4 is 5.78 Å². The largest absolute Gasteiger partial charge is 0.298 e. The van der Waals surface area contributed by atoms with Gasteiger partial charge in [0.05, 0.1) is 6.04 Å². The van der Waals surface area contributed by atoms with Crippen molar-refractivity contribution in [1.82, 2.24) is 4.90 Å². The van der Waals surface area contributed by atoms with E-state index < -0.39 is 0 Å². The molecule has 2 unspecified atom stereocenters. The lowest BCUT2D eigenvalue weighted by molar-refractivity contribution is -0.129. The van der Waals surface area contributed by atoms with Gasteiger partial charge in [-0.15, -0.1) is 0 Å². The molecule has 70 valence electrons. The second-order valence-corrected chi connectivity index (χ2v) is 4.24. The van der Waals surface area contributed by atoms with E-state index in [1.54, 1.807) is 0 Å². The van der Waals surface area contributed by atoms with Crippen LogP contribution in [0.25, 0.3) is 0 Å². The maximum absolute atomic E-state index is 11.5. The highest BCUT2D eigenvalue weighted by atomic mass is 16.1. The quantitative estimate of drug-likeness (QED) is 0.595. The number of hydrogen-bond acceptors (Lipinski definition) is 2. The molecule has 0 amide bonds. The van der Waals surface area contributed by atoms with Gasteiger partial charge in [0.1, 0.15) is 5.78 Å². The molecule has 12 heavy (non-hydrogen) atoms. The number of carbonyl (C=O) groups excluding carboxylic acids is 1. The fourth-order valence-corrected chi connectivity index (χ4v) is 1.94. The number of piperidine rings is 1. The molecular formula is C10H19NO. The van der Waals surface area contributed by atoms with E-state index in [1.807, 2.05) is 6.92 Å². The van der Waals surface area contributed by atoms with E-state index in [4.69, 9.17) is 0 Å². The third kappa shape index (κ3) is 1.86. The molecule has 1 heterocycles. The average molecular weight is 169 g/mol. The summed E-state index contributed by atoms with van der Waals surface area (Å²) >= 11 is 0. The molecule has 0 bridgehead atoms. The summed E-state index contributed by atoms with van der Waals surface area (Å²) in [5.41, 5.74) is 0. The number of rotatable bonds is 1. The van der Waals surface area contributed by atoms with E-state index >= 15 is 0 Å². The van der Waals surface area contributed by atoms with Crippen molar-refractivity contribution in [2.75, 3.05) is 6.54 Å². The van der Waals surface area contributed by atoms with E-state index in [2.05, 4.69) is 25.7 Å². The van der Waals surface area contributed by atoms with Gasteiger partial charge in [0, 0.05) is 19.0 Å². The first-order valence-electron chi connectivity index (χ1n) is 4.80. The zero-order chi connectivity index (χ0) is 9.30. The Morgan fingerprint density at radius 1 is 1.42 bits per heavy atom. The van der Waals surface area contributed by atoms with Crippen molar-refractivity contribution in [2.45, 2.75) is 46.2 Å². The monoisotopic (exact) mass is 169 g/mol. The topological polar surface area (TPSA) is 20.3 Å². The number of Topliss-reactive ketones (excluding diaryl/α,β-unsaturated/α-hetero) is 1. The maximum Gasteiger partial charge on any atom is 0.150 e. The lowest BCUT2D eigenvalue weighted by Crippen LogP contribution is -2.50. The minimum atomic E-state index is 0.140. The molecule has 1 aliphatic rings. The van der Waals surface area contributed by atoms with Gasteiger partial charge in [-0.25, -0.2) is 0 Å². The average Bonchev–Trinajstić information content (AvgIpc) is 1.96. The Labute approximate surface area is 74.9 Å². The standard InChI is InChI=1S/C10H19NO/c1-7(2)11-6-8(3)5-10(12)9(11)4/h7-9H,5-6H2,1-4H3. The number of nitrogens with zero attached hydrogens (tertiary/aromatic N) is 1. The molecule has 0 aromatic heterocycles. The number of likely N-dealkylation sites (tertiary alicyclic amines) is 1. The minimum Gasteiger partial charge on any atom is -0.298 e. The first kappa shape index (κ1) is 9.72. The van der Waals surface area contributed by atoms with Gasteiger partial charge in [-0.3, -0.25) is 9.69 Å². The maximum atomic E-state index is 11.5. The second-order valence-electron chi connectivity index (χ2n) is 4.24. The Hall–Kier alpha value is -0.370. The summed E-state index contributed by atoms with van der Waals surface area (Å²) in [5, 5.41) is 0. The summed E-state index contributed by atoms with van der Waals surface area (Å²) in [6, 6.07) is 0.632. The fourth-order valence-electron chi connectivity index (χ4n) is 1.94. The summed E-state index contributed by atoms with van der Waals surface area (Å²) in [5.74, 6) is 0.943. The molecule has 0 aromatic rings. The van der Waals surface area contributed by atoms with Gasteiger partial charge in [-0.05, 0) is 26.7 Å². The predicted octanol–water partition coefficient (Wildman–Crippen LogP) is 1.69. The van der Waals surface area contributed by atoms with Gasteiger partial charge in [0.15, 0.2) is 0 Å². The molecule has 0 spiro atoms. The molecule has 0 saturated carbocycles. The molecule has 1 aliphatic heterocycles. The molecule has 2 heteroatoms. The summed E-state index contributed by atoms with van der Waals surface area (Å²) in [6.07, 6.45) is 0.768. The number of hydrogen-bond donors (Lipinski definition) is 0. The van der Waals surface area contributed by atoms with Gasteiger partial charge in [0.2, 0.25) is 0 Å². The van der Waals surface area contributed by atoms with Gasteiger partial charge < -0.3 is 0 Å². The molecule has 1 fully saturated rings. The van der Waals surface area contributed by atoms with Gasteiger partial charge in [-0.2, -0.15) is 0 Å². The Bertz CT molecular complexity index is 177. The van der Waals surface area contributed by atoms with Crippen molar-refractivity contribution in [3.63, 3.8) is 0 Å². The highest BCUT2D eigenvalue weighted by Gasteiger charge is 2.30. The van der Waals surface area contributed by atoms with E-state index in [-0.39, 0.29) is 6.04 Å². The molecule has 2 nitrogen and oxygen atoms in total. The van der Waals surface area contributed by atoms with Crippen LogP contribution >= 0.6 is 0 Å². The van der Waals surface area contributed by atoms with E-state index in [0.717, 1.165) is 13.0 Å². The first-order chi connectivity index (χ1) is 5.52. The van der Waals surface area contributed by atoms with Crippen LogP contribution in [-0.2, 0) is 4.79 Å². The van der Waals surface area contributed by atoms with Crippen LogP contribution in [0.3, 0.4) is 0 Å². The van der Waals surface area contributed by atoms with Gasteiger partial charge in [0.25, 0.3) is 0 Å². The van der Waals surface area contributed by atoms with Crippen molar-refractivity contribution < 1.29 is 4.79 Å². The zero-order valence-electron chi connectivity index (χ0n) is 8.50. The molecule has 0 radical (unpaired) electrons. The van der Waals surface area contributed by atoms with Crippen LogP contribution in [0, 0.1) is 5.92 Å². The predicted molar refractivity (Wildman–Crippen MR) is 50.1 cm³/mol. The summed E-state index contributed by atoms with van der Waals surface area (Å²) in [7, 11) is 0. The third-order valence-corrected chi connectivity index (χ3v) is 2.70. The number of carbonyl (C=O) groups is 1. The SMILES string of the molecule is CC1CC(=O)C(C)N(C(C)C)C1. The smallest absolute Gasteiger partial charge is 0.150 e. The van der Waals surface area contributed by atoms with E-state index in [9.17, 15) is 4.79 Å². The van der Waals surface area contributed by atoms with Crippen molar-refractivity contribution in [3.05, 3.63) is 0 Å². The highest BCUT2D eigenvalue weighted by molar-refractivity contribution is 5.84. The molecule has 0 aliphatic carbocycles. The summed E-state index contributed by atoms with van der Waals surface area (Å²) in [6.45, 7) is 9.56. The normalized spacial score (nSPS) is 32.9. The fraction of sp³-hybridized carbons (Fsp3) is 0.900. The van der Waals surface area contributed by atoms with Crippen LogP contribution < -0.4 is 0 Å². The first-order valence-corrected chi connectivity index (χ1v) is 4.80. The van der Waals surface area contributed by atoms with Crippen LogP contribution in [-0.4, -0.2) is 29.3 Å².